The molecule has 2 aliphatic rings. The van der Waals surface area contributed by atoms with Crippen molar-refractivity contribution in [1.29, 1.82) is 0 Å². The van der Waals surface area contributed by atoms with Crippen molar-refractivity contribution in [2.45, 2.75) is 51.0 Å². The summed E-state index contributed by atoms with van der Waals surface area (Å²) in [5.41, 5.74) is 3.81. The monoisotopic (exact) mass is 419 g/mol. The van der Waals surface area contributed by atoms with Gasteiger partial charge < -0.3 is 4.57 Å². The van der Waals surface area contributed by atoms with Crippen molar-refractivity contribution >= 4 is 22.5 Å². The zero-order valence-corrected chi connectivity index (χ0v) is 16.6. The van der Waals surface area contributed by atoms with Crippen LogP contribution in [0.3, 0.4) is 0 Å². The predicted octanol–water partition coefficient (Wildman–Crippen LogP) is 5.47. The second-order valence-corrected chi connectivity index (χ2v) is 8.44. The van der Waals surface area contributed by atoms with Crippen LogP contribution in [0, 0.1) is 0 Å². The number of nitrogens with zero attached hydrogens (tertiary/aromatic N) is 3. The summed E-state index contributed by atoms with van der Waals surface area (Å²) in [5.74, 6) is 0. The molecule has 3 nitrogen and oxygen atoms in total. The molecule has 2 aliphatic heterocycles. The molecule has 152 valence electrons. The highest BCUT2D eigenvalue weighted by molar-refractivity contribution is 6.31. The van der Waals surface area contributed by atoms with E-state index < -0.39 is 11.9 Å². The Labute approximate surface area is 172 Å². The second-order valence-electron chi connectivity index (χ2n) is 8.01. The van der Waals surface area contributed by atoms with Crippen LogP contribution in [0.15, 0.2) is 36.5 Å². The maximum Gasteiger partial charge on any atom is 0.433 e. The molecule has 29 heavy (non-hydrogen) atoms. The lowest BCUT2D eigenvalue weighted by Crippen LogP contribution is -2.36. The number of aryl methyl sites for hydroxylation is 2. The van der Waals surface area contributed by atoms with Gasteiger partial charge in [0, 0.05) is 46.9 Å². The smallest absolute Gasteiger partial charge is 0.343 e. The number of aromatic nitrogens is 2. The highest BCUT2D eigenvalue weighted by Gasteiger charge is 2.34. The highest BCUT2D eigenvalue weighted by Crippen LogP contribution is 2.37. The number of fused-ring (bicyclic) bond motifs is 4. The van der Waals surface area contributed by atoms with Crippen LogP contribution in [-0.2, 0) is 32.1 Å². The molecule has 0 amide bonds. The SMILES string of the molecule is FC(F)(F)c1ccc(CCn2c3c(c4cc(Cl)ccc42)CC2CCCN2C3)cn1. The third-order valence-electron chi connectivity index (χ3n) is 6.28. The molecule has 0 spiro atoms. The van der Waals surface area contributed by atoms with Crippen molar-refractivity contribution < 1.29 is 13.2 Å². The van der Waals surface area contributed by atoms with E-state index in [1.165, 1.54) is 41.7 Å². The van der Waals surface area contributed by atoms with Gasteiger partial charge in [0.25, 0.3) is 0 Å². The van der Waals surface area contributed by atoms with E-state index in [1.54, 1.807) is 0 Å². The van der Waals surface area contributed by atoms with E-state index in [9.17, 15) is 13.2 Å². The Morgan fingerprint density at radius 2 is 2.03 bits per heavy atom. The Balaban J connectivity index is 1.47. The summed E-state index contributed by atoms with van der Waals surface area (Å²) in [6.45, 7) is 2.77. The lowest BCUT2D eigenvalue weighted by atomic mass is 9.97. The topological polar surface area (TPSA) is 21.1 Å². The number of halogens is 4. The van der Waals surface area contributed by atoms with Crippen LogP contribution < -0.4 is 0 Å². The molecule has 0 bridgehead atoms. The predicted molar refractivity (Wildman–Crippen MR) is 107 cm³/mol. The number of hydrogen-bond donors (Lipinski definition) is 0. The minimum atomic E-state index is -4.40. The van der Waals surface area contributed by atoms with Gasteiger partial charge in [0.1, 0.15) is 5.69 Å². The van der Waals surface area contributed by atoms with Gasteiger partial charge >= 0.3 is 6.18 Å². The van der Waals surface area contributed by atoms with E-state index in [-0.39, 0.29) is 0 Å². The summed E-state index contributed by atoms with van der Waals surface area (Å²) in [6.07, 6.45) is 1.09. The van der Waals surface area contributed by atoms with E-state index in [1.807, 2.05) is 6.07 Å². The molecule has 1 saturated heterocycles. The van der Waals surface area contributed by atoms with Gasteiger partial charge in [-0.2, -0.15) is 13.2 Å². The van der Waals surface area contributed by atoms with Gasteiger partial charge in [0.05, 0.1) is 0 Å². The van der Waals surface area contributed by atoms with Crippen LogP contribution in [0.25, 0.3) is 10.9 Å². The normalized spacial score (nSPS) is 19.5. The lowest BCUT2D eigenvalue weighted by molar-refractivity contribution is -0.141. The van der Waals surface area contributed by atoms with Gasteiger partial charge in [-0.05, 0) is 67.6 Å². The van der Waals surface area contributed by atoms with Crippen LogP contribution >= 0.6 is 11.6 Å². The average molecular weight is 420 g/mol. The van der Waals surface area contributed by atoms with E-state index >= 15 is 0 Å². The summed E-state index contributed by atoms with van der Waals surface area (Å²) < 4.78 is 40.6. The molecule has 1 atom stereocenters. The van der Waals surface area contributed by atoms with E-state index in [2.05, 4.69) is 26.6 Å². The van der Waals surface area contributed by atoms with Crippen LogP contribution in [0.1, 0.15) is 35.4 Å². The quantitative estimate of drug-likeness (QED) is 0.561. The van der Waals surface area contributed by atoms with E-state index in [4.69, 9.17) is 11.6 Å². The fraction of sp³-hybridized carbons (Fsp3) is 0.409. The molecule has 5 rings (SSSR count). The average Bonchev–Trinajstić information content (AvgIpc) is 3.26. The third kappa shape index (κ3) is 3.42. The molecule has 0 N–H and O–H groups in total. The maximum atomic E-state index is 12.7. The summed E-state index contributed by atoms with van der Waals surface area (Å²) in [5, 5.41) is 1.95. The minimum Gasteiger partial charge on any atom is -0.343 e. The molecule has 0 aliphatic carbocycles. The first-order valence-electron chi connectivity index (χ1n) is 9.96. The van der Waals surface area contributed by atoms with Gasteiger partial charge in [-0.1, -0.05) is 17.7 Å². The van der Waals surface area contributed by atoms with Crippen LogP contribution in [0.5, 0.6) is 0 Å². The molecule has 0 radical (unpaired) electrons. The van der Waals surface area contributed by atoms with Crippen LogP contribution in [0.4, 0.5) is 13.2 Å². The first kappa shape index (κ1) is 18.9. The van der Waals surface area contributed by atoms with Crippen molar-refractivity contribution in [2.75, 3.05) is 6.54 Å². The summed E-state index contributed by atoms with van der Waals surface area (Å²) in [4.78, 5) is 6.15. The molecule has 3 aromatic rings. The maximum absolute atomic E-state index is 12.7. The van der Waals surface area contributed by atoms with Crippen molar-refractivity contribution in [2.24, 2.45) is 0 Å². The summed E-state index contributed by atoms with van der Waals surface area (Å²) >= 11 is 6.29. The molecule has 7 heteroatoms. The number of rotatable bonds is 3. The zero-order chi connectivity index (χ0) is 20.2. The molecular weight excluding hydrogens is 399 g/mol. The molecule has 1 aromatic carbocycles. The Hall–Kier alpha value is -2.05. The fourth-order valence-corrected chi connectivity index (χ4v) is 5.03. The summed E-state index contributed by atoms with van der Waals surface area (Å²) in [6, 6.07) is 9.23. The van der Waals surface area contributed by atoms with Crippen molar-refractivity contribution in [1.82, 2.24) is 14.5 Å². The minimum absolute atomic E-state index is 0.611. The van der Waals surface area contributed by atoms with Gasteiger partial charge in [-0.3, -0.25) is 9.88 Å². The fourth-order valence-electron chi connectivity index (χ4n) is 4.86. The first-order chi connectivity index (χ1) is 13.9. The number of alkyl halides is 3. The first-order valence-corrected chi connectivity index (χ1v) is 10.3. The lowest BCUT2D eigenvalue weighted by Gasteiger charge is -2.31. The van der Waals surface area contributed by atoms with Gasteiger partial charge in [0.2, 0.25) is 0 Å². The number of benzene rings is 1. The highest BCUT2D eigenvalue weighted by atomic mass is 35.5. The third-order valence-corrected chi connectivity index (χ3v) is 6.51. The zero-order valence-electron chi connectivity index (χ0n) is 15.8. The van der Waals surface area contributed by atoms with Crippen LogP contribution in [0.2, 0.25) is 5.02 Å². The molecule has 1 unspecified atom stereocenters. The second kappa shape index (κ2) is 7.03. The Morgan fingerprint density at radius 3 is 2.79 bits per heavy atom. The number of hydrogen-bond acceptors (Lipinski definition) is 2. The largest absolute Gasteiger partial charge is 0.433 e. The van der Waals surface area contributed by atoms with Crippen molar-refractivity contribution in [3.8, 4) is 0 Å². The van der Waals surface area contributed by atoms with Gasteiger partial charge in [0.15, 0.2) is 0 Å². The van der Waals surface area contributed by atoms with Crippen molar-refractivity contribution in [3.05, 3.63) is 64.1 Å². The van der Waals surface area contributed by atoms with Gasteiger partial charge in [-0.15, -0.1) is 0 Å². The summed E-state index contributed by atoms with van der Waals surface area (Å²) in [7, 11) is 0. The van der Waals surface area contributed by atoms with E-state index in [0.717, 1.165) is 41.7 Å². The number of pyridine rings is 1. The van der Waals surface area contributed by atoms with Crippen LogP contribution in [-0.4, -0.2) is 27.0 Å². The van der Waals surface area contributed by atoms with Gasteiger partial charge in [-0.25, -0.2) is 0 Å². The standard InChI is InChI=1S/C22H21ClF3N3/c23-15-4-5-19-17(10-15)18-11-16-2-1-8-28(16)13-20(18)29(19)9-7-14-3-6-21(27-12-14)22(24,25)26/h3-6,10,12,16H,1-2,7-9,11,13H2. The molecule has 0 saturated carbocycles. The Morgan fingerprint density at radius 1 is 1.17 bits per heavy atom. The van der Waals surface area contributed by atoms with E-state index in [0.29, 0.717) is 19.0 Å². The Bertz CT molecular complexity index is 1060. The Kier molecular flexibility index (Phi) is 4.59. The van der Waals surface area contributed by atoms with Crippen molar-refractivity contribution in [3.63, 3.8) is 0 Å². The molecular formula is C22H21ClF3N3. The molecule has 2 aromatic heterocycles. The molecule has 1 fully saturated rings. The molecule has 4 heterocycles.